The lowest BCUT2D eigenvalue weighted by Gasteiger charge is -2.43. The van der Waals surface area contributed by atoms with Crippen LogP contribution in [0.3, 0.4) is 0 Å². The number of amides is 1. The molecule has 2 aromatic carbocycles. The molecule has 1 amide bonds. The van der Waals surface area contributed by atoms with Crippen LogP contribution in [0.4, 0.5) is 0 Å². The molecule has 7 heteroatoms. The normalized spacial score (nSPS) is 18.9. The number of methoxy groups -OCH3 is 1. The van der Waals surface area contributed by atoms with Crippen molar-refractivity contribution in [3.05, 3.63) is 66.4 Å². The maximum atomic E-state index is 12.9. The van der Waals surface area contributed by atoms with Gasteiger partial charge in [-0.3, -0.25) is 9.59 Å². The number of carbonyl (C=O) groups is 2. The van der Waals surface area contributed by atoms with Crippen molar-refractivity contribution in [2.75, 3.05) is 12.1 Å². The van der Waals surface area contributed by atoms with Gasteiger partial charge in [-0.1, -0.05) is 37.3 Å². The second kappa shape index (κ2) is 6.68. The average Bonchev–Trinajstić information content (AvgIpc) is 3.20. The zero-order valence-corrected chi connectivity index (χ0v) is 14.9. The Bertz CT molecular complexity index is 982. The third-order valence-electron chi connectivity index (χ3n) is 4.77. The highest BCUT2D eigenvalue weighted by Crippen LogP contribution is 2.29. The van der Waals surface area contributed by atoms with E-state index in [1.165, 1.54) is 9.80 Å². The molecule has 1 aliphatic rings. The number of β-lactam (4-membered cyclic amide) rings is 1. The predicted octanol–water partition coefficient (Wildman–Crippen LogP) is 2.32. The van der Waals surface area contributed by atoms with Crippen molar-refractivity contribution >= 4 is 11.7 Å². The minimum atomic E-state index is -0.615. The molecule has 0 saturated carbocycles. The van der Waals surface area contributed by atoms with E-state index < -0.39 is 12.0 Å². The number of hydrogen-bond acceptors (Lipinski definition) is 5. The Hall–Kier alpha value is -3.48. The second-order valence-electron chi connectivity index (χ2n) is 6.40. The van der Waals surface area contributed by atoms with Crippen LogP contribution in [0.15, 0.2) is 60.8 Å². The number of hydrogen-bond donors (Lipinski definition) is 0. The first-order valence-corrected chi connectivity index (χ1v) is 8.59. The molecule has 136 valence electrons. The largest absolute Gasteiger partial charge is 0.497 e. The fraction of sp³-hybridized carbons (Fsp3) is 0.200. The molecule has 1 aliphatic heterocycles. The summed E-state index contributed by atoms with van der Waals surface area (Å²) in [6.45, 7) is 1.75. The molecule has 27 heavy (non-hydrogen) atoms. The highest BCUT2D eigenvalue weighted by atomic mass is 16.5. The van der Waals surface area contributed by atoms with E-state index in [4.69, 9.17) is 4.74 Å². The number of benzene rings is 2. The molecular formula is C20H18N4O3. The minimum Gasteiger partial charge on any atom is -0.497 e. The fourth-order valence-corrected chi connectivity index (χ4v) is 3.20. The first-order chi connectivity index (χ1) is 13.1. The van der Waals surface area contributed by atoms with E-state index in [0.717, 1.165) is 5.56 Å². The van der Waals surface area contributed by atoms with E-state index >= 15 is 0 Å². The maximum Gasteiger partial charge on any atom is 0.248 e. The molecular weight excluding hydrogens is 344 g/mol. The predicted molar refractivity (Wildman–Crippen MR) is 99.0 cm³/mol. The van der Waals surface area contributed by atoms with Gasteiger partial charge in [-0.2, -0.15) is 4.79 Å². The third-order valence-corrected chi connectivity index (χ3v) is 4.77. The van der Waals surface area contributed by atoms with Crippen LogP contribution in [-0.2, 0) is 4.79 Å². The molecule has 1 saturated heterocycles. The molecule has 1 fully saturated rings. The van der Waals surface area contributed by atoms with Gasteiger partial charge in [0.05, 0.1) is 19.2 Å². The van der Waals surface area contributed by atoms with E-state index in [2.05, 4.69) is 10.3 Å². The molecule has 0 bridgehead atoms. The maximum absolute atomic E-state index is 12.9. The monoisotopic (exact) mass is 362 g/mol. The van der Waals surface area contributed by atoms with Gasteiger partial charge in [0.25, 0.3) is 0 Å². The zero-order chi connectivity index (χ0) is 19.0. The first kappa shape index (κ1) is 17.0. The molecule has 7 nitrogen and oxygen atoms in total. The van der Waals surface area contributed by atoms with Gasteiger partial charge in [0.1, 0.15) is 17.5 Å². The van der Waals surface area contributed by atoms with Gasteiger partial charge in [-0.15, -0.1) is 5.10 Å². The Morgan fingerprint density at radius 1 is 1.07 bits per heavy atom. The number of Topliss-reactive ketones (excluding diaryl/α,β-unsaturated/α-hetero) is 1. The molecule has 2 heterocycles. The van der Waals surface area contributed by atoms with Crippen LogP contribution in [0, 0.1) is 5.92 Å². The number of carbonyl (C=O) groups excluding carboxylic acids is 2. The van der Waals surface area contributed by atoms with E-state index in [0.29, 0.717) is 17.0 Å². The highest BCUT2D eigenvalue weighted by molar-refractivity contribution is 6.13. The molecule has 0 spiro atoms. The molecule has 0 unspecified atom stereocenters. The van der Waals surface area contributed by atoms with Crippen molar-refractivity contribution in [1.29, 1.82) is 0 Å². The lowest BCUT2D eigenvalue weighted by Crippen LogP contribution is -2.68. The van der Waals surface area contributed by atoms with E-state index in [1.807, 2.05) is 30.3 Å². The molecule has 2 atom stereocenters. The minimum absolute atomic E-state index is 0.137. The van der Waals surface area contributed by atoms with Crippen LogP contribution >= 0.6 is 0 Å². The van der Waals surface area contributed by atoms with Crippen LogP contribution in [0.2, 0.25) is 0 Å². The van der Waals surface area contributed by atoms with Crippen LogP contribution < -0.4 is 9.75 Å². The Morgan fingerprint density at radius 2 is 1.78 bits per heavy atom. The summed E-state index contributed by atoms with van der Waals surface area (Å²) in [7, 11) is 1.57. The lowest BCUT2D eigenvalue weighted by molar-refractivity contribution is -0.131. The van der Waals surface area contributed by atoms with Crippen LogP contribution in [0.25, 0.3) is 11.3 Å². The Morgan fingerprint density at radius 3 is 2.44 bits per heavy atom. The Labute approximate surface area is 156 Å². The summed E-state index contributed by atoms with van der Waals surface area (Å²) < 4.78 is 5.12. The van der Waals surface area contributed by atoms with Gasteiger partial charge in [0.2, 0.25) is 5.91 Å². The topological polar surface area (TPSA) is 77.3 Å². The molecule has 0 aliphatic carbocycles. The van der Waals surface area contributed by atoms with Crippen molar-refractivity contribution in [3.8, 4) is 17.0 Å². The molecule has 0 radical (unpaired) electrons. The van der Waals surface area contributed by atoms with Crippen molar-refractivity contribution in [1.82, 2.24) is 15.1 Å². The number of aromatic nitrogens is 3. The molecule has 4 rings (SSSR count). The quantitative estimate of drug-likeness (QED) is 0.514. The van der Waals surface area contributed by atoms with Gasteiger partial charge < -0.3 is 4.74 Å². The van der Waals surface area contributed by atoms with Crippen LogP contribution in [0.5, 0.6) is 5.75 Å². The first-order valence-electron chi connectivity index (χ1n) is 8.59. The second-order valence-corrected chi connectivity index (χ2v) is 6.40. The van der Waals surface area contributed by atoms with Gasteiger partial charge in [0, 0.05) is 11.1 Å². The van der Waals surface area contributed by atoms with Crippen molar-refractivity contribution in [2.45, 2.75) is 13.0 Å². The van der Waals surface area contributed by atoms with Crippen molar-refractivity contribution in [2.24, 2.45) is 5.92 Å². The number of ether oxygens (including phenoxy) is 1. The number of rotatable bonds is 5. The van der Waals surface area contributed by atoms with Crippen molar-refractivity contribution in [3.63, 3.8) is 0 Å². The highest BCUT2D eigenvalue weighted by Gasteiger charge is 2.50. The lowest BCUT2D eigenvalue weighted by atomic mass is 9.85. The molecule has 1 aromatic heterocycles. The summed E-state index contributed by atoms with van der Waals surface area (Å²) in [5, 5.41) is 9.54. The molecule has 3 aromatic rings. The van der Waals surface area contributed by atoms with E-state index in [-0.39, 0.29) is 11.7 Å². The van der Waals surface area contributed by atoms with Gasteiger partial charge in [-0.25, -0.2) is 5.01 Å². The smallest absolute Gasteiger partial charge is 0.248 e. The summed E-state index contributed by atoms with van der Waals surface area (Å²) in [6, 6.07) is 15.8. The van der Waals surface area contributed by atoms with Gasteiger partial charge in [-0.05, 0) is 29.5 Å². The Balaban J connectivity index is 1.61. The van der Waals surface area contributed by atoms with Crippen LogP contribution in [-0.4, -0.2) is 39.9 Å². The summed E-state index contributed by atoms with van der Waals surface area (Å²) in [5.41, 5.74) is 2.05. The number of ketones is 1. The summed E-state index contributed by atoms with van der Waals surface area (Å²) in [5.74, 6) is -0.0400. The van der Waals surface area contributed by atoms with Crippen LogP contribution in [0.1, 0.15) is 17.3 Å². The van der Waals surface area contributed by atoms with E-state index in [1.54, 1.807) is 44.5 Å². The Kier molecular flexibility index (Phi) is 4.19. The zero-order valence-electron chi connectivity index (χ0n) is 14.9. The van der Waals surface area contributed by atoms with Crippen molar-refractivity contribution < 1.29 is 14.3 Å². The fourth-order valence-electron chi connectivity index (χ4n) is 3.20. The third kappa shape index (κ3) is 2.87. The molecule has 0 N–H and O–H groups in total. The summed E-state index contributed by atoms with van der Waals surface area (Å²) in [6.07, 6.45) is 1.66. The number of nitrogens with zero attached hydrogens (tertiary/aromatic N) is 4. The SMILES string of the molecule is COc1ccc(C(=O)[C@@H]2[C@H](C)C(=O)N2n2cc(-c3ccccc3)nn2)cc1. The summed E-state index contributed by atoms with van der Waals surface area (Å²) in [4.78, 5) is 26.7. The van der Waals surface area contributed by atoms with Gasteiger partial charge in [0.15, 0.2) is 5.78 Å². The summed E-state index contributed by atoms with van der Waals surface area (Å²) >= 11 is 0. The average molecular weight is 362 g/mol. The van der Waals surface area contributed by atoms with Gasteiger partial charge >= 0.3 is 0 Å². The standard InChI is InChI=1S/C20H18N4O3/c1-13-18(19(25)15-8-10-16(27-2)11-9-15)24(20(13)26)23-12-17(21-22-23)14-6-4-3-5-7-14/h3-13,18H,1-2H3/t13-,18-/m0/s1. The van der Waals surface area contributed by atoms with E-state index in [9.17, 15) is 9.59 Å².